The van der Waals surface area contributed by atoms with Crippen molar-refractivity contribution in [2.75, 3.05) is 20.3 Å². The zero-order chi connectivity index (χ0) is 15.0. The SMILES string of the molecule is COC(=O)C1CC1CC(C)c1cc2c(cc1F)OCCO2. The molecule has 1 aromatic rings. The van der Waals surface area contributed by atoms with Crippen molar-refractivity contribution in [3.8, 4) is 11.5 Å². The fraction of sp³-hybridized carbons (Fsp3) is 0.562. The molecule has 2 aliphatic rings. The first-order chi connectivity index (χ1) is 10.1. The van der Waals surface area contributed by atoms with Crippen molar-refractivity contribution in [3.63, 3.8) is 0 Å². The summed E-state index contributed by atoms with van der Waals surface area (Å²) < 4.78 is 29.8. The van der Waals surface area contributed by atoms with E-state index in [9.17, 15) is 9.18 Å². The van der Waals surface area contributed by atoms with Crippen molar-refractivity contribution in [1.82, 2.24) is 0 Å². The predicted molar refractivity (Wildman–Crippen MR) is 74.0 cm³/mol. The summed E-state index contributed by atoms with van der Waals surface area (Å²) in [7, 11) is 1.40. The number of carbonyl (C=O) groups excluding carboxylic acids is 1. The number of hydrogen-bond donors (Lipinski definition) is 0. The van der Waals surface area contributed by atoms with Gasteiger partial charge in [-0.25, -0.2) is 4.39 Å². The molecule has 21 heavy (non-hydrogen) atoms. The summed E-state index contributed by atoms with van der Waals surface area (Å²) in [4.78, 5) is 11.4. The van der Waals surface area contributed by atoms with Crippen LogP contribution in [0.2, 0.25) is 0 Å². The van der Waals surface area contributed by atoms with Crippen LogP contribution in [0.25, 0.3) is 0 Å². The molecule has 4 nitrogen and oxygen atoms in total. The van der Waals surface area contributed by atoms with E-state index in [1.54, 1.807) is 6.07 Å². The summed E-state index contributed by atoms with van der Waals surface area (Å²) in [5, 5.41) is 0. The summed E-state index contributed by atoms with van der Waals surface area (Å²) in [6.45, 7) is 2.91. The second-order valence-corrected chi connectivity index (χ2v) is 5.78. The topological polar surface area (TPSA) is 44.8 Å². The molecule has 0 amide bonds. The van der Waals surface area contributed by atoms with Crippen LogP contribution in [0.5, 0.6) is 11.5 Å². The highest BCUT2D eigenvalue weighted by atomic mass is 19.1. The standard InChI is InChI=1S/C16H19FO4/c1-9(5-10-6-12(10)16(18)19-2)11-7-14-15(8-13(11)17)21-4-3-20-14/h7-10,12H,3-6H2,1-2H3. The van der Waals surface area contributed by atoms with E-state index in [1.807, 2.05) is 6.92 Å². The number of carbonyl (C=O) groups is 1. The van der Waals surface area contributed by atoms with Gasteiger partial charge < -0.3 is 14.2 Å². The lowest BCUT2D eigenvalue weighted by atomic mass is 9.94. The van der Waals surface area contributed by atoms with Crippen LogP contribution in [-0.4, -0.2) is 26.3 Å². The van der Waals surface area contributed by atoms with E-state index in [0.29, 0.717) is 36.2 Å². The van der Waals surface area contributed by atoms with Crippen molar-refractivity contribution in [1.29, 1.82) is 0 Å². The maximum atomic E-state index is 14.2. The molecule has 1 fully saturated rings. The third-order valence-corrected chi connectivity index (χ3v) is 4.28. The van der Waals surface area contributed by atoms with Gasteiger partial charge in [0.15, 0.2) is 11.5 Å². The minimum absolute atomic E-state index is 0.0160. The molecule has 1 heterocycles. The maximum Gasteiger partial charge on any atom is 0.308 e. The molecule has 0 aromatic heterocycles. The largest absolute Gasteiger partial charge is 0.486 e. The zero-order valence-corrected chi connectivity index (χ0v) is 12.2. The average Bonchev–Trinajstić information content (AvgIpc) is 3.24. The van der Waals surface area contributed by atoms with Crippen LogP contribution in [0, 0.1) is 17.7 Å². The van der Waals surface area contributed by atoms with Crippen molar-refractivity contribution in [2.45, 2.75) is 25.7 Å². The summed E-state index contributed by atoms with van der Waals surface area (Å²) in [5.41, 5.74) is 0.620. The molecule has 3 atom stereocenters. The van der Waals surface area contributed by atoms with Gasteiger partial charge in [0, 0.05) is 6.07 Å². The average molecular weight is 294 g/mol. The van der Waals surface area contributed by atoms with Crippen molar-refractivity contribution in [2.24, 2.45) is 11.8 Å². The second kappa shape index (κ2) is 5.54. The van der Waals surface area contributed by atoms with E-state index in [2.05, 4.69) is 0 Å². The molecule has 0 spiro atoms. The van der Waals surface area contributed by atoms with Crippen LogP contribution in [0.15, 0.2) is 12.1 Å². The third-order valence-electron chi connectivity index (χ3n) is 4.28. The number of methoxy groups -OCH3 is 1. The summed E-state index contributed by atoms with van der Waals surface area (Å²) in [5.74, 6) is 0.938. The van der Waals surface area contributed by atoms with Gasteiger partial charge in [-0.05, 0) is 36.3 Å². The Morgan fingerprint density at radius 2 is 2.05 bits per heavy atom. The Kier molecular flexibility index (Phi) is 3.74. The van der Waals surface area contributed by atoms with Crippen LogP contribution in [0.1, 0.15) is 31.2 Å². The van der Waals surface area contributed by atoms with Crippen LogP contribution in [-0.2, 0) is 9.53 Å². The van der Waals surface area contributed by atoms with E-state index < -0.39 is 0 Å². The highest BCUT2D eigenvalue weighted by molar-refractivity contribution is 5.75. The third kappa shape index (κ3) is 2.82. The molecule has 114 valence electrons. The van der Waals surface area contributed by atoms with Gasteiger partial charge in [-0.15, -0.1) is 0 Å². The predicted octanol–water partition coefficient (Wildman–Crippen LogP) is 2.90. The summed E-state index contributed by atoms with van der Waals surface area (Å²) in [6.07, 6.45) is 1.61. The smallest absolute Gasteiger partial charge is 0.308 e. The molecule has 3 rings (SSSR count). The van der Waals surface area contributed by atoms with Gasteiger partial charge in [0.1, 0.15) is 19.0 Å². The molecule has 0 bridgehead atoms. The minimum atomic E-state index is -0.276. The minimum Gasteiger partial charge on any atom is -0.486 e. The van der Waals surface area contributed by atoms with Crippen LogP contribution >= 0.6 is 0 Å². The molecule has 1 aliphatic carbocycles. The van der Waals surface area contributed by atoms with Gasteiger partial charge in [-0.1, -0.05) is 6.92 Å². The molecule has 1 aromatic carbocycles. The fourth-order valence-electron chi connectivity index (χ4n) is 2.99. The molecule has 1 aliphatic heterocycles. The van der Waals surface area contributed by atoms with Gasteiger partial charge in [0.2, 0.25) is 0 Å². The van der Waals surface area contributed by atoms with E-state index in [-0.39, 0.29) is 23.6 Å². The maximum absolute atomic E-state index is 14.2. The number of rotatable bonds is 4. The highest BCUT2D eigenvalue weighted by Crippen LogP contribution is 2.46. The van der Waals surface area contributed by atoms with E-state index in [1.165, 1.54) is 13.2 Å². The lowest BCUT2D eigenvalue weighted by Gasteiger charge is -2.21. The summed E-state index contributed by atoms with van der Waals surface area (Å²) >= 11 is 0. The Bertz CT molecular complexity index is 557. The second-order valence-electron chi connectivity index (χ2n) is 5.78. The monoisotopic (exact) mass is 294 g/mol. The van der Waals surface area contributed by atoms with Crippen LogP contribution < -0.4 is 9.47 Å². The lowest BCUT2D eigenvalue weighted by molar-refractivity contribution is -0.142. The van der Waals surface area contributed by atoms with E-state index in [4.69, 9.17) is 14.2 Å². The molecule has 1 saturated carbocycles. The van der Waals surface area contributed by atoms with Crippen molar-refractivity contribution >= 4 is 5.97 Å². The Morgan fingerprint density at radius 3 is 2.71 bits per heavy atom. The van der Waals surface area contributed by atoms with Gasteiger partial charge in [-0.2, -0.15) is 0 Å². The number of hydrogen-bond acceptors (Lipinski definition) is 4. The molecular weight excluding hydrogens is 275 g/mol. The van der Waals surface area contributed by atoms with Gasteiger partial charge >= 0.3 is 5.97 Å². The molecule has 0 radical (unpaired) electrons. The first-order valence-electron chi connectivity index (χ1n) is 7.27. The number of ether oxygens (including phenoxy) is 3. The van der Waals surface area contributed by atoms with E-state index in [0.717, 1.165) is 12.8 Å². The Morgan fingerprint density at radius 1 is 1.38 bits per heavy atom. The first-order valence-corrected chi connectivity index (χ1v) is 7.27. The van der Waals surface area contributed by atoms with Gasteiger partial charge in [-0.3, -0.25) is 4.79 Å². The Labute approximate surface area is 123 Å². The van der Waals surface area contributed by atoms with Gasteiger partial charge in [0.05, 0.1) is 13.0 Å². The zero-order valence-electron chi connectivity index (χ0n) is 12.2. The molecule has 5 heteroatoms. The van der Waals surface area contributed by atoms with E-state index >= 15 is 0 Å². The molecule has 3 unspecified atom stereocenters. The quantitative estimate of drug-likeness (QED) is 0.801. The summed E-state index contributed by atoms with van der Waals surface area (Å²) in [6, 6.07) is 3.12. The van der Waals surface area contributed by atoms with Gasteiger partial charge in [0.25, 0.3) is 0 Å². The van der Waals surface area contributed by atoms with Crippen LogP contribution in [0.4, 0.5) is 4.39 Å². The number of esters is 1. The normalized spacial score (nSPS) is 24.3. The first kappa shape index (κ1) is 14.2. The van der Waals surface area contributed by atoms with Crippen LogP contribution in [0.3, 0.4) is 0 Å². The van der Waals surface area contributed by atoms with Crippen molar-refractivity contribution in [3.05, 3.63) is 23.5 Å². The number of benzene rings is 1. The fourth-order valence-corrected chi connectivity index (χ4v) is 2.99. The molecule has 0 saturated heterocycles. The Hall–Kier alpha value is -1.78. The number of fused-ring (bicyclic) bond motifs is 1. The molecular formula is C16H19FO4. The lowest BCUT2D eigenvalue weighted by Crippen LogP contribution is -2.16. The molecule has 0 N–H and O–H groups in total. The Balaban J connectivity index is 1.70. The number of halogens is 1. The highest BCUT2D eigenvalue weighted by Gasteiger charge is 2.44. The van der Waals surface area contributed by atoms with Crippen molar-refractivity contribution < 1.29 is 23.4 Å².